The number of hydrogen-bond acceptors (Lipinski definition) is 8. The molecule has 8 nitrogen and oxygen atoms in total. The second-order valence-corrected chi connectivity index (χ2v) is 8.20. The number of rotatable bonds is 14. The second kappa shape index (κ2) is 11.8. The number of hydrogen-bond donors (Lipinski definition) is 3. The summed E-state index contributed by atoms with van der Waals surface area (Å²) >= 11 is 0. The number of methoxy groups -OCH3 is 2. The fraction of sp³-hybridized carbons (Fsp3) is 0.500. The largest absolute Gasteiger partial charge is 0.496 e. The molecule has 2 aromatic rings. The van der Waals surface area contributed by atoms with Gasteiger partial charge in [0, 0.05) is 24.2 Å². The maximum absolute atomic E-state index is 11.6. The number of benzene rings is 2. The van der Waals surface area contributed by atoms with Gasteiger partial charge in [-0.3, -0.25) is 10.7 Å². The number of nitrogens with one attached hydrogen (secondary N) is 1. The normalized spacial score (nSPS) is 12.4. The van der Waals surface area contributed by atoms with Gasteiger partial charge in [-0.05, 0) is 36.2 Å². The summed E-state index contributed by atoms with van der Waals surface area (Å²) in [7, 11) is 3.04. The van der Waals surface area contributed by atoms with Crippen LogP contribution in [0, 0.1) is 10.3 Å². The predicted molar refractivity (Wildman–Crippen MR) is 126 cm³/mol. The van der Waals surface area contributed by atoms with Gasteiger partial charge < -0.3 is 19.3 Å². The SMILES string of the molecule is C=CC(C)(C)C(OCCCCCCO)c1cc(OC)c2c(NO)ccc(N=O)c2c1OC. The van der Waals surface area contributed by atoms with E-state index in [0.29, 0.717) is 40.1 Å². The summed E-state index contributed by atoms with van der Waals surface area (Å²) in [5.41, 5.74) is 2.89. The van der Waals surface area contributed by atoms with Crippen LogP contribution in [0.1, 0.15) is 51.2 Å². The Morgan fingerprint density at radius 3 is 2.44 bits per heavy atom. The van der Waals surface area contributed by atoms with Crippen molar-refractivity contribution >= 4 is 22.1 Å². The highest BCUT2D eigenvalue weighted by molar-refractivity contribution is 6.08. The van der Waals surface area contributed by atoms with E-state index in [1.165, 1.54) is 20.3 Å². The summed E-state index contributed by atoms with van der Waals surface area (Å²) in [5, 5.41) is 22.6. The molecule has 176 valence electrons. The van der Waals surface area contributed by atoms with Crippen molar-refractivity contribution in [2.24, 2.45) is 10.6 Å². The summed E-state index contributed by atoms with van der Waals surface area (Å²) in [4.78, 5) is 11.6. The van der Waals surface area contributed by atoms with Crippen molar-refractivity contribution in [3.8, 4) is 11.5 Å². The average molecular weight is 447 g/mol. The number of anilines is 1. The molecule has 2 aromatic carbocycles. The number of unbranched alkanes of at least 4 members (excludes halogenated alkanes) is 3. The molecule has 0 saturated heterocycles. The number of ether oxygens (including phenoxy) is 3. The molecule has 1 unspecified atom stereocenters. The number of aliphatic hydroxyl groups excluding tert-OH is 1. The van der Waals surface area contributed by atoms with Crippen molar-refractivity contribution in [2.45, 2.75) is 45.6 Å². The summed E-state index contributed by atoms with van der Waals surface area (Å²) in [6.07, 6.45) is 4.88. The summed E-state index contributed by atoms with van der Waals surface area (Å²) < 4.78 is 17.7. The Labute approximate surface area is 189 Å². The van der Waals surface area contributed by atoms with Crippen LogP contribution >= 0.6 is 0 Å². The van der Waals surface area contributed by atoms with E-state index >= 15 is 0 Å². The highest BCUT2D eigenvalue weighted by Gasteiger charge is 2.34. The Hall–Kier alpha value is -2.68. The van der Waals surface area contributed by atoms with E-state index in [9.17, 15) is 10.1 Å². The first kappa shape index (κ1) is 25.6. The van der Waals surface area contributed by atoms with Crippen LogP contribution in [0.25, 0.3) is 10.8 Å². The Morgan fingerprint density at radius 1 is 1.16 bits per heavy atom. The zero-order valence-electron chi connectivity index (χ0n) is 19.3. The van der Waals surface area contributed by atoms with Crippen LogP contribution in [0.4, 0.5) is 11.4 Å². The molecule has 0 aliphatic carbocycles. The Morgan fingerprint density at radius 2 is 1.88 bits per heavy atom. The van der Waals surface area contributed by atoms with E-state index in [1.54, 1.807) is 12.1 Å². The molecule has 0 aliphatic rings. The van der Waals surface area contributed by atoms with Crippen LogP contribution in [0.15, 0.2) is 36.0 Å². The van der Waals surface area contributed by atoms with Crippen molar-refractivity contribution in [1.29, 1.82) is 0 Å². The molecule has 3 N–H and O–H groups in total. The number of nitroso groups, excluding NO2 is 1. The number of aliphatic hydroxyl groups is 1. The van der Waals surface area contributed by atoms with Crippen molar-refractivity contribution in [3.05, 3.63) is 41.3 Å². The highest BCUT2D eigenvalue weighted by atomic mass is 16.5. The topological polar surface area (TPSA) is 110 Å². The number of nitrogens with zero attached hydrogens (tertiary/aromatic N) is 1. The van der Waals surface area contributed by atoms with Crippen LogP contribution in [-0.4, -0.2) is 37.7 Å². The zero-order valence-corrected chi connectivity index (χ0v) is 19.3. The van der Waals surface area contributed by atoms with Gasteiger partial charge in [0.1, 0.15) is 17.2 Å². The molecule has 0 amide bonds. The first-order valence-corrected chi connectivity index (χ1v) is 10.7. The Kier molecular flexibility index (Phi) is 9.43. The van der Waals surface area contributed by atoms with E-state index in [2.05, 4.69) is 17.2 Å². The van der Waals surface area contributed by atoms with Gasteiger partial charge >= 0.3 is 0 Å². The monoisotopic (exact) mass is 446 g/mol. The molecule has 0 bridgehead atoms. The second-order valence-electron chi connectivity index (χ2n) is 8.20. The molecule has 8 heteroatoms. The first-order chi connectivity index (χ1) is 15.4. The maximum Gasteiger partial charge on any atom is 0.135 e. The van der Waals surface area contributed by atoms with Crippen molar-refractivity contribution < 1.29 is 24.5 Å². The summed E-state index contributed by atoms with van der Waals surface area (Å²) in [6.45, 7) is 8.70. The minimum atomic E-state index is -0.474. The summed E-state index contributed by atoms with van der Waals surface area (Å²) in [5.74, 6) is 0.863. The van der Waals surface area contributed by atoms with Crippen LogP contribution < -0.4 is 15.0 Å². The lowest BCUT2D eigenvalue weighted by Crippen LogP contribution is -2.24. The van der Waals surface area contributed by atoms with Crippen LogP contribution in [0.5, 0.6) is 11.5 Å². The van der Waals surface area contributed by atoms with Gasteiger partial charge in [0.15, 0.2) is 0 Å². The van der Waals surface area contributed by atoms with E-state index in [0.717, 1.165) is 25.7 Å². The molecule has 0 aliphatic heterocycles. The summed E-state index contributed by atoms with van der Waals surface area (Å²) in [6, 6.07) is 4.86. The fourth-order valence-corrected chi connectivity index (χ4v) is 3.83. The van der Waals surface area contributed by atoms with E-state index < -0.39 is 11.5 Å². The van der Waals surface area contributed by atoms with Gasteiger partial charge in [0.05, 0.1) is 36.8 Å². The first-order valence-electron chi connectivity index (χ1n) is 10.7. The third kappa shape index (κ3) is 5.38. The molecule has 0 aromatic heterocycles. The van der Waals surface area contributed by atoms with Gasteiger partial charge in [0.25, 0.3) is 0 Å². The maximum atomic E-state index is 11.6. The van der Waals surface area contributed by atoms with Gasteiger partial charge in [0.2, 0.25) is 0 Å². The van der Waals surface area contributed by atoms with Crippen LogP contribution in [0.3, 0.4) is 0 Å². The lowest BCUT2D eigenvalue weighted by atomic mass is 9.81. The molecule has 32 heavy (non-hydrogen) atoms. The quantitative estimate of drug-likeness (QED) is 0.144. The molecule has 0 fully saturated rings. The minimum Gasteiger partial charge on any atom is -0.496 e. The van der Waals surface area contributed by atoms with Gasteiger partial charge in [-0.15, -0.1) is 11.5 Å². The van der Waals surface area contributed by atoms with Crippen molar-refractivity contribution in [1.82, 2.24) is 0 Å². The van der Waals surface area contributed by atoms with E-state index in [4.69, 9.17) is 19.3 Å². The Bertz CT molecular complexity index is 929. The third-order valence-electron chi connectivity index (χ3n) is 5.67. The fourth-order valence-electron chi connectivity index (χ4n) is 3.83. The smallest absolute Gasteiger partial charge is 0.135 e. The molecule has 0 saturated carbocycles. The average Bonchev–Trinajstić information content (AvgIpc) is 2.81. The van der Waals surface area contributed by atoms with E-state index in [1.807, 2.05) is 19.9 Å². The lowest BCUT2D eigenvalue weighted by Gasteiger charge is -2.33. The Balaban J connectivity index is 2.65. The van der Waals surface area contributed by atoms with Crippen molar-refractivity contribution in [2.75, 3.05) is 32.9 Å². The van der Waals surface area contributed by atoms with Gasteiger partial charge in [-0.1, -0.05) is 32.8 Å². The number of fused-ring (bicyclic) bond motifs is 1. The highest BCUT2D eigenvalue weighted by Crippen LogP contribution is 2.50. The molecular formula is C24H34N2O6. The molecule has 0 heterocycles. The molecule has 1 atom stereocenters. The standard InChI is InChI=1S/C24H34N2O6/c1-6-24(2,3)23(32-14-10-8-7-9-13-27)16-15-19(30-4)20-17(25-28)11-12-18(26-29)21(20)22(16)31-5/h6,11-12,15,23,25,27-28H,1,7-10,13-14H2,2-5H3. The third-order valence-corrected chi connectivity index (χ3v) is 5.67. The van der Waals surface area contributed by atoms with Crippen LogP contribution in [-0.2, 0) is 4.74 Å². The lowest BCUT2D eigenvalue weighted by molar-refractivity contribution is -0.0105. The van der Waals surface area contributed by atoms with E-state index in [-0.39, 0.29) is 12.3 Å². The van der Waals surface area contributed by atoms with Crippen molar-refractivity contribution in [3.63, 3.8) is 0 Å². The van der Waals surface area contributed by atoms with Gasteiger partial charge in [-0.2, -0.15) is 0 Å². The van der Waals surface area contributed by atoms with Gasteiger partial charge in [-0.25, -0.2) is 0 Å². The molecular weight excluding hydrogens is 412 g/mol. The molecule has 0 spiro atoms. The molecule has 0 radical (unpaired) electrons. The zero-order chi connectivity index (χ0) is 23.7. The predicted octanol–water partition coefficient (Wildman–Crippen LogP) is 5.88. The van der Waals surface area contributed by atoms with Crippen LogP contribution in [0.2, 0.25) is 0 Å². The minimum absolute atomic E-state index is 0.162. The molecule has 2 rings (SSSR count).